The summed E-state index contributed by atoms with van der Waals surface area (Å²) in [6.07, 6.45) is 0.873. The van der Waals surface area contributed by atoms with Gasteiger partial charge in [-0.05, 0) is 79.4 Å². The molecule has 0 spiro atoms. The Morgan fingerprint density at radius 2 is 1.50 bits per heavy atom. The molecule has 0 radical (unpaired) electrons. The van der Waals surface area contributed by atoms with E-state index in [1.807, 2.05) is 44.2 Å². The van der Waals surface area contributed by atoms with Crippen molar-refractivity contribution in [2.24, 2.45) is 0 Å². The van der Waals surface area contributed by atoms with Gasteiger partial charge in [0, 0.05) is 29.0 Å². The number of hydrogen-bond donors (Lipinski definition) is 1. The van der Waals surface area contributed by atoms with Gasteiger partial charge in [-0.3, -0.25) is 9.59 Å². The van der Waals surface area contributed by atoms with Gasteiger partial charge >= 0.3 is 0 Å². The van der Waals surface area contributed by atoms with Crippen molar-refractivity contribution in [2.45, 2.75) is 20.3 Å². The lowest BCUT2D eigenvalue weighted by Gasteiger charge is -2.17. The van der Waals surface area contributed by atoms with Crippen molar-refractivity contribution < 1.29 is 9.59 Å². The van der Waals surface area contributed by atoms with E-state index in [0.717, 1.165) is 28.9 Å². The Morgan fingerprint density at radius 3 is 2.21 bits per heavy atom. The first kappa shape index (κ1) is 18.0. The van der Waals surface area contributed by atoms with E-state index in [-0.39, 0.29) is 11.8 Å². The fourth-order valence-corrected chi connectivity index (χ4v) is 3.72. The molecule has 3 aromatic rings. The number of aryl methyl sites for hydroxylation is 2. The summed E-state index contributed by atoms with van der Waals surface area (Å²) in [4.78, 5) is 27.2. The minimum Gasteiger partial charge on any atom is -0.322 e. The van der Waals surface area contributed by atoms with Crippen LogP contribution in [0.1, 0.15) is 37.4 Å². The summed E-state index contributed by atoms with van der Waals surface area (Å²) < 4.78 is 0. The van der Waals surface area contributed by atoms with E-state index in [9.17, 15) is 9.59 Å². The Morgan fingerprint density at radius 1 is 0.857 bits per heavy atom. The van der Waals surface area contributed by atoms with Gasteiger partial charge < -0.3 is 10.2 Å². The number of fused-ring (bicyclic) bond motifs is 1. The van der Waals surface area contributed by atoms with Gasteiger partial charge in [0.1, 0.15) is 0 Å². The third kappa shape index (κ3) is 3.54. The molecular formula is C24H22N2O2. The van der Waals surface area contributed by atoms with Gasteiger partial charge in [-0.1, -0.05) is 24.3 Å². The van der Waals surface area contributed by atoms with Gasteiger partial charge in [0.25, 0.3) is 11.8 Å². The SMILES string of the molecule is Cc1cc(C)cc(NC(=O)c2ccc(C(=O)N3CCc4ccccc43)cc2)c1. The number of carbonyl (C=O) groups excluding carboxylic acids is 2. The number of para-hydroxylation sites is 1. The van der Waals surface area contributed by atoms with Gasteiger partial charge in [-0.15, -0.1) is 0 Å². The molecule has 1 aliphatic heterocycles. The van der Waals surface area contributed by atoms with E-state index in [1.54, 1.807) is 29.2 Å². The average molecular weight is 370 g/mol. The van der Waals surface area contributed by atoms with Gasteiger partial charge in [0.05, 0.1) is 0 Å². The monoisotopic (exact) mass is 370 g/mol. The summed E-state index contributed by atoms with van der Waals surface area (Å²) in [5.74, 6) is -0.221. The van der Waals surface area contributed by atoms with Crippen molar-refractivity contribution in [3.8, 4) is 0 Å². The van der Waals surface area contributed by atoms with Crippen molar-refractivity contribution in [2.75, 3.05) is 16.8 Å². The van der Waals surface area contributed by atoms with Crippen LogP contribution in [0.4, 0.5) is 11.4 Å². The van der Waals surface area contributed by atoms with Crippen molar-refractivity contribution in [1.82, 2.24) is 0 Å². The molecule has 0 unspecified atom stereocenters. The Labute approximate surface area is 164 Å². The molecule has 4 nitrogen and oxygen atoms in total. The zero-order chi connectivity index (χ0) is 19.7. The maximum absolute atomic E-state index is 12.9. The standard InChI is InChI=1S/C24H22N2O2/c1-16-13-17(2)15-21(14-16)25-23(27)19-7-9-20(10-8-19)24(28)26-12-11-18-5-3-4-6-22(18)26/h3-10,13-15H,11-12H2,1-2H3,(H,25,27). The number of anilines is 2. The topological polar surface area (TPSA) is 49.4 Å². The minimum absolute atomic E-state index is 0.0359. The van der Waals surface area contributed by atoms with E-state index in [1.165, 1.54) is 5.56 Å². The second-order valence-electron chi connectivity index (χ2n) is 7.24. The normalized spacial score (nSPS) is 12.6. The molecule has 0 saturated carbocycles. The molecule has 0 fully saturated rings. The first-order valence-corrected chi connectivity index (χ1v) is 9.41. The van der Waals surface area contributed by atoms with Crippen LogP contribution in [0.2, 0.25) is 0 Å². The molecule has 1 heterocycles. The molecule has 4 rings (SSSR count). The summed E-state index contributed by atoms with van der Waals surface area (Å²) in [7, 11) is 0. The number of nitrogens with zero attached hydrogens (tertiary/aromatic N) is 1. The van der Waals surface area contributed by atoms with Crippen LogP contribution in [-0.2, 0) is 6.42 Å². The van der Waals surface area contributed by atoms with Crippen LogP contribution in [0.5, 0.6) is 0 Å². The molecule has 28 heavy (non-hydrogen) atoms. The zero-order valence-electron chi connectivity index (χ0n) is 16.0. The Hall–Kier alpha value is -3.40. The first-order valence-electron chi connectivity index (χ1n) is 9.41. The highest BCUT2D eigenvalue weighted by molar-refractivity contribution is 6.09. The molecule has 140 valence electrons. The molecule has 0 aliphatic carbocycles. The fraction of sp³-hybridized carbons (Fsp3) is 0.167. The number of benzene rings is 3. The summed E-state index contributed by atoms with van der Waals surface area (Å²) in [6, 6.07) is 20.8. The summed E-state index contributed by atoms with van der Waals surface area (Å²) in [5.41, 5.74) is 6.25. The van der Waals surface area contributed by atoms with Crippen molar-refractivity contribution >= 4 is 23.2 Å². The van der Waals surface area contributed by atoms with Gasteiger partial charge in [0.15, 0.2) is 0 Å². The number of rotatable bonds is 3. The predicted molar refractivity (Wildman–Crippen MR) is 112 cm³/mol. The molecule has 1 aliphatic rings. The number of carbonyl (C=O) groups is 2. The molecule has 2 amide bonds. The van der Waals surface area contributed by atoms with Crippen LogP contribution in [0.3, 0.4) is 0 Å². The summed E-state index contributed by atoms with van der Waals surface area (Å²) >= 11 is 0. The molecule has 4 heteroatoms. The molecular weight excluding hydrogens is 348 g/mol. The van der Waals surface area contributed by atoms with Gasteiger partial charge in [0.2, 0.25) is 0 Å². The highest BCUT2D eigenvalue weighted by atomic mass is 16.2. The van der Waals surface area contributed by atoms with E-state index < -0.39 is 0 Å². The van der Waals surface area contributed by atoms with Crippen LogP contribution < -0.4 is 10.2 Å². The van der Waals surface area contributed by atoms with Crippen molar-refractivity contribution in [3.05, 3.63) is 94.5 Å². The van der Waals surface area contributed by atoms with Crippen LogP contribution in [0, 0.1) is 13.8 Å². The first-order chi connectivity index (χ1) is 13.5. The predicted octanol–water partition coefficient (Wildman–Crippen LogP) is 4.76. The fourth-order valence-electron chi connectivity index (χ4n) is 3.72. The lowest BCUT2D eigenvalue weighted by Crippen LogP contribution is -2.28. The third-order valence-electron chi connectivity index (χ3n) is 5.01. The van der Waals surface area contributed by atoms with Crippen LogP contribution >= 0.6 is 0 Å². The Bertz CT molecular complexity index is 1030. The number of nitrogens with one attached hydrogen (secondary N) is 1. The number of hydrogen-bond acceptors (Lipinski definition) is 2. The van der Waals surface area contributed by atoms with Crippen LogP contribution in [0.25, 0.3) is 0 Å². The summed E-state index contributed by atoms with van der Waals surface area (Å²) in [6.45, 7) is 4.69. The highest BCUT2D eigenvalue weighted by Gasteiger charge is 2.25. The second-order valence-corrected chi connectivity index (χ2v) is 7.24. The highest BCUT2D eigenvalue weighted by Crippen LogP contribution is 2.28. The average Bonchev–Trinajstić information content (AvgIpc) is 3.11. The Balaban J connectivity index is 1.49. The van der Waals surface area contributed by atoms with E-state index in [2.05, 4.69) is 17.4 Å². The molecule has 0 saturated heterocycles. The van der Waals surface area contributed by atoms with Crippen molar-refractivity contribution in [3.63, 3.8) is 0 Å². The largest absolute Gasteiger partial charge is 0.322 e. The van der Waals surface area contributed by atoms with E-state index in [0.29, 0.717) is 17.7 Å². The zero-order valence-corrected chi connectivity index (χ0v) is 16.0. The minimum atomic E-state index is -0.185. The van der Waals surface area contributed by atoms with Crippen molar-refractivity contribution in [1.29, 1.82) is 0 Å². The maximum atomic E-state index is 12.9. The molecule has 3 aromatic carbocycles. The quantitative estimate of drug-likeness (QED) is 0.723. The maximum Gasteiger partial charge on any atom is 0.258 e. The lowest BCUT2D eigenvalue weighted by atomic mass is 10.1. The van der Waals surface area contributed by atoms with Crippen LogP contribution in [-0.4, -0.2) is 18.4 Å². The third-order valence-corrected chi connectivity index (χ3v) is 5.01. The summed E-state index contributed by atoms with van der Waals surface area (Å²) in [5, 5.41) is 2.92. The second kappa shape index (κ2) is 7.31. The number of amides is 2. The van der Waals surface area contributed by atoms with E-state index >= 15 is 0 Å². The smallest absolute Gasteiger partial charge is 0.258 e. The molecule has 0 aromatic heterocycles. The van der Waals surface area contributed by atoms with Gasteiger partial charge in [-0.2, -0.15) is 0 Å². The van der Waals surface area contributed by atoms with E-state index in [4.69, 9.17) is 0 Å². The Kier molecular flexibility index (Phi) is 4.70. The van der Waals surface area contributed by atoms with Crippen LogP contribution in [0.15, 0.2) is 66.7 Å². The molecule has 0 bridgehead atoms. The van der Waals surface area contributed by atoms with Gasteiger partial charge in [-0.25, -0.2) is 0 Å². The lowest BCUT2D eigenvalue weighted by molar-refractivity contribution is 0.0986. The molecule has 1 N–H and O–H groups in total. The molecule has 0 atom stereocenters.